The molecule has 0 aliphatic rings. The first-order chi connectivity index (χ1) is 14.2. The fourth-order valence-corrected chi connectivity index (χ4v) is 4.62. The lowest BCUT2D eigenvalue weighted by molar-refractivity contribution is 0.355. The van der Waals surface area contributed by atoms with Crippen molar-refractivity contribution >= 4 is 23.1 Å². The summed E-state index contributed by atoms with van der Waals surface area (Å²) >= 11 is 3.24. The molecule has 0 atom stereocenters. The van der Waals surface area contributed by atoms with E-state index in [9.17, 15) is 0 Å². The van der Waals surface area contributed by atoms with Crippen molar-refractivity contribution in [2.45, 2.75) is 10.9 Å². The Morgan fingerprint density at radius 1 is 0.966 bits per heavy atom. The summed E-state index contributed by atoms with van der Waals surface area (Å²) < 4.78 is 12.7. The van der Waals surface area contributed by atoms with Gasteiger partial charge in [-0.1, -0.05) is 42.1 Å². The lowest BCUT2D eigenvalue weighted by atomic mass is 10.2. The minimum Gasteiger partial charge on any atom is -0.493 e. The molecule has 0 unspecified atom stereocenters. The molecule has 2 aromatic carbocycles. The summed E-state index contributed by atoms with van der Waals surface area (Å²) in [7, 11) is 5.25. The van der Waals surface area contributed by atoms with Crippen LogP contribution < -0.4 is 9.47 Å². The third-order valence-corrected chi connectivity index (χ3v) is 6.39. The predicted octanol–water partition coefficient (Wildman–Crippen LogP) is 4.92. The van der Waals surface area contributed by atoms with Gasteiger partial charge in [-0.3, -0.25) is 0 Å². The minimum atomic E-state index is 0.698. The zero-order chi connectivity index (χ0) is 20.2. The van der Waals surface area contributed by atoms with Gasteiger partial charge in [0.1, 0.15) is 5.01 Å². The van der Waals surface area contributed by atoms with Crippen LogP contribution in [0.25, 0.3) is 22.0 Å². The summed E-state index contributed by atoms with van der Waals surface area (Å²) in [5, 5.41) is 12.6. The fourth-order valence-electron chi connectivity index (χ4n) is 2.89. The van der Waals surface area contributed by atoms with Gasteiger partial charge in [-0.05, 0) is 18.2 Å². The van der Waals surface area contributed by atoms with Crippen LogP contribution in [0.2, 0.25) is 0 Å². The fraction of sp³-hybridized carbons (Fsp3) is 0.190. The van der Waals surface area contributed by atoms with Crippen LogP contribution in [0.15, 0.2) is 59.1 Å². The number of benzene rings is 2. The standard InChI is InChI=1S/C21H20N4O2S2/c1-25-19(14-7-5-4-6-8-14)23-24-21(25)29-13-16-12-28-20(22-16)15-9-10-17(26-2)18(11-15)27-3/h4-12H,13H2,1-3H3. The maximum absolute atomic E-state index is 5.39. The molecular formula is C21H20N4O2S2. The topological polar surface area (TPSA) is 62.1 Å². The molecule has 4 rings (SSSR count). The van der Waals surface area contributed by atoms with E-state index in [0.29, 0.717) is 11.5 Å². The van der Waals surface area contributed by atoms with Crippen molar-refractivity contribution in [3.05, 3.63) is 59.6 Å². The van der Waals surface area contributed by atoms with Gasteiger partial charge in [0.05, 0.1) is 19.9 Å². The number of aromatic nitrogens is 4. The number of rotatable bonds is 7. The Labute approximate surface area is 177 Å². The SMILES string of the molecule is COc1ccc(-c2nc(CSc3nnc(-c4ccccc4)n3C)cs2)cc1OC. The van der Waals surface area contributed by atoms with E-state index < -0.39 is 0 Å². The van der Waals surface area contributed by atoms with Crippen molar-refractivity contribution in [3.8, 4) is 33.5 Å². The van der Waals surface area contributed by atoms with E-state index in [1.807, 2.05) is 60.1 Å². The van der Waals surface area contributed by atoms with E-state index in [-0.39, 0.29) is 0 Å². The minimum absolute atomic E-state index is 0.698. The third-order valence-electron chi connectivity index (χ3n) is 4.40. The van der Waals surface area contributed by atoms with E-state index in [1.165, 1.54) is 0 Å². The third kappa shape index (κ3) is 4.13. The molecule has 2 aromatic heterocycles. The number of hydrogen-bond acceptors (Lipinski definition) is 7. The highest BCUT2D eigenvalue weighted by Crippen LogP contribution is 2.34. The highest BCUT2D eigenvalue weighted by molar-refractivity contribution is 7.98. The molecule has 0 N–H and O–H groups in total. The molecule has 148 valence electrons. The number of nitrogens with zero attached hydrogens (tertiary/aromatic N) is 4. The van der Waals surface area contributed by atoms with Gasteiger partial charge in [0, 0.05) is 29.3 Å². The summed E-state index contributed by atoms with van der Waals surface area (Å²) in [5.41, 5.74) is 3.07. The van der Waals surface area contributed by atoms with Crippen molar-refractivity contribution in [2.75, 3.05) is 14.2 Å². The smallest absolute Gasteiger partial charge is 0.191 e. The highest BCUT2D eigenvalue weighted by atomic mass is 32.2. The normalized spacial score (nSPS) is 10.9. The van der Waals surface area contributed by atoms with Crippen molar-refractivity contribution in [1.82, 2.24) is 19.7 Å². The molecule has 0 aliphatic carbocycles. The van der Waals surface area contributed by atoms with Gasteiger partial charge in [-0.25, -0.2) is 4.98 Å². The maximum Gasteiger partial charge on any atom is 0.191 e. The average molecular weight is 425 g/mol. The van der Waals surface area contributed by atoms with Crippen LogP contribution in [-0.4, -0.2) is 34.0 Å². The van der Waals surface area contributed by atoms with E-state index in [2.05, 4.69) is 15.6 Å². The first-order valence-electron chi connectivity index (χ1n) is 8.94. The maximum atomic E-state index is 5.39. The Balaban J connectivity index is 1.47. The molecular weight excluding hydrogens is 404 g/mol. The second-order valence-electron chi connectivity index (χ2n) is 6.23. The first-order valence-corrected chi connectivity index (χ1v) is 10.8. The molecule has 0 radical (unpaired) electrons. The van der Waals surface area contributed by atoms with Crippen molar-refractivity contribution in [3.63, 3.8) is 0 Å². The van der Waals surface area contributed by atoms with Gasteiger partial charge in [0.15, 0.2) is 22.5 Å². The van der Waals surface area contributed by atoms with Gasteiger partial charge in [0.2, 0.25) is 0 Å². The molecule has 0 saturated heterocycles. The second-order valence-corrected chi connectivity index (χ2v) is 8.03. The lowest BCUT2D eigenvalue weighted by Crippen LogP contribution is -1.95. The second kappa shape index (κ2) is 8.67. The molecule has 0 amide bonds. The highest BCUT2D eigenvalue weighted by Gasteiger charge is 2.13. The molecule has 6 nitrogen and oxygen atoms in total. The van der Waals surface area contributed by atoms with E-state index in [1.54, 1.807) is 37.3 Å². The number of hydrogen-bond donors (Lipinski definition) is 0. The molecule has 4 aromatic rings. The molecule has 0 aliphatic heterocycles. The van der Waals surface area contributed by atoms with Crippen LogP contribution in [0.4, 0.5) is 0 Å². The van der Waals surface area contributed by atoms with Crippen molar-refractivity contribution < 1.29 is 9.47 Å². The van der Waals surface area contributed by atoms with Gasteiger partial charge >= 0.3 is 0 Å². The van der Waals surface area contributed by atoms with Crippen molar-refractivity contribution in [1.29, 1.82) is 0 Å². The van der Waals surface area contributed by atoms with Crippen LogP contribution in [-0.2, 0) is 12.8 Å². The van der Waals surface area contributed by atoms with Crippen LogP contribution in [0, 0.1) is 0 Å². The van der Waals surface area contributed by atoms with Gasteiger partial charge in [0.25, 0.3) is 0 Å². The number of thiazole rings is 1. The number of thioether (sulfide) groups is 1. The molecule has 29 heavy (non-hydrogen) atoms. The summed E-state index contributed by atoms with van der Waals surface area (Å²) in [5.74, 6) is 2.99. The average Bonchev–Trinajstić information content (AvgIpc) is 3.39. The van der Waals surface area contributed by atoms with Crippen LogP contribution in [0.3, 0.4) is 0 Å². The Morgan fingerprint density at radius 3 is 2.52 bits per heavy atom. The Morgan fingerprint density at radius 2 is 1.76 bits per heavy atom. The van der Waals surface area contributed by atoms with E-state index in [0.717, 1.165) is 38.6 Å². The monoisotopic (exact) mass is 424 g/mol. The first kappa shape index (κ1) is 19.5. The predicted molar refractivity (Wildman–Crippen MR) is 117 cm³/mol. The lowest BCUT2D eigenvalue weighted by Gasteiger charge is -2.08. The van der Waals surface area contributed by atoms with Gasteiger partial charge in [-0.2, -0.15) is 0 Å². The summed E-state index contributed by atoms with van der Waals surface area (Å²) in [6, 6.07) is 15.9. The molecule has 0 bridgehead atoms. The number of methoxy groups -OCH3 is 2. The Hall–Kier alpha value is -2.84. The quantitative estimate of drug-likeness (QED) is 0.393. The van der Waals surface area contributed by atoms with E-state index >= 15 is 0 Å². The van der Waals surface area contributed by atoms with Crippen LogP contribution >= 0.6 is 23.1 Å². The van der Waals surface area contributed by atoms with Crippen molar-refractivity contribution in [2.24, 2.45) is 7.05 Å². The molecule has 8 heteroatoms. The molecule has 0 saturated carbocycles. The zero-order valence-corrected chi connectivity index (χ0v) is 18.0. The van der Waals surface area contributed by atoms with Crippen LogP contribution in [0.5, 0.6) is 11.5 Å². The van der Waals surface area contributed by atoms with E-state index in [4.69, 9.17) is 14.5 Å². The Bertz CT molecular complexity index is 1110. The summed E-state index contributed by atoms with van der Waals surface area (Å²) in [4.78, 5) is 4.76. The Kier molecular flexibility index (Phi) is 5.82. The number of ether oxygens (including phenoxy) is 2. The zero-order valence-electron chi connectivity index (χ0n) is 16.3. The van der Waals surface area contributed by atoms with Gasteiger partial charge < -0.3 is 14.0 Å². The van der Waals surface area contributed by atoms with Crippen LogP contribution in [0.1, 0.15) is 5.69 Å². The summed E-state index contributed by atoms with van der Waals surface area (Å²) in [6.45, 7) is 0. The summed E-state index contributed by atoms with van der Waals surface area (Å²) in [6.07, 6.45) is 0. The molecule has 0 fully saturated rings. The molecule has 0 spiro atoms. The molecule has 2 heterocycles. The van der Waals surface area contributed by atoms with Gasteiger partial charge in [-0.15, -0.1) is 21.5 Å². The largest absolute Gasteiger partial charge is 0.493 e.